The minimum atomic E-state index is -0.476. The summed E-state index contributed by atoms with van der Waals surface area (Å²) < 4.78 is 16.7. The van der Waals surface area contributed by atoms with Crippen LogP contribution in [-0.4, -0.2) is 43.9 Å². The number of thiocarbonyl (C=S) groups is 1. The molecule has 0 heterocycles. The van der Waals surface area contributed by atoms with Gasteiger partial charge in [0.15, 0.2) is 11.7 Å². The topological polar surface area (TPSA) is 97.9 Å². The Kier molecular flexibility index (Phi) is 9.35. The first-order valence-corrected chi connectivity index (χ1v) is 9.69. The molecule has 0 fully saturated rings. The average Bonchev–Trinajstić information content (AvgIpc) is 2.72. The number of rotatable bonds is 8. The number of methoxy groups -OCH3 is 1. The number of para-hydroxylation sites is 1. The molecule has 29 heavy (non-hydrogen) atoms. The lowest BCUT2D eigenvalue weighted by Gasteiger charge is -2.13. The van der Waals surface area contributed by atoms with Gasteiger partial charge in [0, 0.05) is 11.6 Å². The Labute approximate surface area is 182 Å². The Balaban J connectivity index is 1.77. The lowest BCUT2D eigenvalue weighted by Crippen LogP contribution is -2.49. The highest BCUT2D eigenvalue weighted by molar-refractivity contribution is 9.10. The van der Waals surface area contributed by atoms with E-state index in [9.17, 15) is 9.59 Å². The van der Waals surface area contributed by atoms with E-state index in [2.05, 4.69) is 32.1 Å². The highest BCUT2D eigenvalue weighted by atomic mass is 79.9. The number of hydrogen-bond donors (Lipinski definition) is 3. The molecule has 0 bridgehead atoms. The summed E-state index contributed by atoms with van der Waals surface area (Å²) in [6.07, 6.45) is 0. The molecule has 3 N–H and O–H groups in total. The van der Waals surface area contributed by atoms with E-state index in [1.807, 2.05) is 0 Å². The third kappa shape index (κ3) is 8.06. The second-order valence-corrected chi connectivity index (χ2v) is 6.86. The molecule has 0 atom stereocenters. The van der Waals surface area contributed by atoms with Crippen LogP contribution in [0.15, 0.2) is 53.0 Å². The predicted molar refractivity (Wildman–Crippen MR) is 115 cm³/mol. The van der Waals surface area contributed by atoms with Crippen molar-refractivity contribution in [3.05, 3.63) is 58.6 Å². The fraction of sp³-hybridized carbons (Fsp3) is 0.211. The molecule has 154 valence electrons. The molecule has 0 saturated carbocycles. The molecule has 2 rings (SSSR count). The molecule has 0 aliphatic rings. The number of hydrogen-bond acceptors (Lipinski definition) is 6. The van der Waals surface area contributed by atoms with Gasteiger partial charge in [-0.3, -0.25) is 25.8 Å². The second-order valence-electron chi connectivity index (χ2n) is 5.54. The Morgan fingerprint density at radius 1 is 1.00 bits per heavy atom. The summed E-state index contributed by atoms with van der Waals surface area (Å²) >= 11 is 8.34. The summed E-state index contributed by atoms with van der Waals surface area (Å²) in [7, 11) is 1.56. The molecule has 2 amide bonds. The molecule has 0 aromatic heterocycles. The van der Waals surface area contributed by atoms with Gasteiger partial charge in [0.2, 0.25) is 0 Å². The van der Waals surface area contributed by atoms with E-state index in [4.69, 9.17) is 26.4 Å². The number of carbonyl (C=O) groups is 2. The van der Waals surface area contributed by atoms with Crippen LogP contribution in [-0.2, 0) is 9.53 Å². The van der Waals surface area contributed by atoms with Crippen LogP contribution in [0.3, 0.4) is 0 Å². The van der Waals surface area contributed by atoms with E-state index in [0.717, 1.165) is 4.47 Å². The highest BCUT2D eigenvalue weighted by Gasteiger charge is 2.14. The van der Waals surface area contributed by atoms with Crippen LogP contribution in [0.1, 0.15) is 10.4 Å². The van der Waals surface area contributed by atoms with E-state index >= 15 is 0 Å². The average molecular weight is 482 g/mol. The third-order valence-corrected chi connectivity index (χ3v) is 4.14. The number of carbonyl (C=O) groups excluding carboxylic acids is 2. The minimum absolute atomic E-state index is 0.0707. The third-order valence-electron chi connectivity index (χ3n) is 3.40. The fourth-order valence-electron chi connectivity index (χ4n) is 2.06. The maximum atomic E-state index is 12.4. The quantitative estimate of drug-likeness (QED) is 0.302. The first kappa shape index (κ1) is 22.6. The SMILES string of the molecule is COCCOc1ccccc1C(=O)NC(=S)NNC(=O)COc1ccc(Br)cc1. The highest BCUT2D eigenvalue weighted by Crippen LogP contribution is 2.18. The first-order chi connectivity index (χ1) is 14.0. The monoisotopic (exact) mass is 481 g/mol. The van der Waals surface area contributed by atoms with Crippen molar-refractivity contribution in [1.82, 2.24) is 16.2 Å². The molecule has 0 saturated heterocycles. The van der Waals surface area contributed by atoms with Crippen LogP contribution < -0.4 is 25.6 Å². The van der Waals surface area contributed by atoms with Crippen molar-refractivity contribution in [1.29, 1.82) is 0 Å². The predicted octanol–water partition coefficient (Wildman–Crippen LogP) is 2.19. The molecule has 0 spiro atoms. The van der Waals surface area contributed by atoms with Gasteiger partial charge in [-0.2, -0.15) is 0 Å². The normalized spacial score (nSPS) is 10.0. The molecule has 0 unspecified atom stereocenters. The summed E-state index contributed by atoms with van der Waals surface area (Å²) in [4.78, 5) is 24.2. The number of halogens is 1. The van der Waals surface area contributed by atoms with Gasteiger partial charge < -0.3 is 14.2 Å². The standard InChI is InChI=1S/C19H20BrN3O5S/c1-26-10-11-27-16-5-3-2-4-15(16)18(25)21-19(29)23-22-17(24)12-28-14-8-6-13(20)7-9-14/h2-9H,10-12H2,1H3,(H,22,24)(H2,21,23,25,29). The number of ether oxygens (including phenoxy) is 3. The molecule has 10 heteroatoms. The van der Waals surface area contributed by atoms with Crippen molar-refractivity contribution in [3.8, 4) is 11.5 Å². The van der Waals surface area contributed by atoms with Gasteiger partial charge in [-0.25, -0.2) is 0 Å². The zero-order chi connectivity index (χ0) is 21.1. The van der Waals surface area contributed by atoms with Crippen molar-refractivity contribution in [2.45, 2.75) is 0 Å². The van der Waals surface area contributed by atoms with Crippen LogP contribution in [0.25, 0.3) is 0 Å². The Hall–Kier alpha value is -2.69. The summed E-state index contributed by atoms with van der Waals surface area (Å²) in [5, 5.41) is 2.40. The molecule has 2 aromatic carbocycles. The molecular weight excluding hydrogens is 462 g/mol. The van der Waals surface area contributed by atoms with Gasteiger partial charge in [0.25, 0.3) is 11.8 Å². The van der Waals surface area contributed by atoms with Gasteiger partial charge in [-0.1, -0.05) is 28.1 Å². The fourth-order valence-corrected chi connectivity index (χ4v) is 2.47. The van der Waals surface area contributed by atoms with Gasteiger partial charge in [0.05, 0.1) is 12.2 Å². The zero-order valence-corrected chi connectivity index (χ0v) is 18.0. The van der Waals surface area contributed by atoms with Crippen molar-refractivity contribution < 1.29 is 23.8 Å². The van der Waals surface area contributed by atoms with Gasteiger partial charge in [-0.15, -0.1) is 0 Å². The van der Waals surface area contributed by atoms with Crippen LogP contribution >= 0.6 is 28.1 Å². The minimum Gasteiger partial charge on any atom is -0.490 e. The van der Waals surface area contributed by atoms with Crippen LogP contribution in [0.2, 0.25) is 0 Å². The lowest BCUT2D eigenvalue weighted by atomic mass is 10.2. The van der Waals surface area contributed by atoms with Gasteiger partial charge in [-0.05, 0) is 48.6 Å². The van der Waals surface area contributed by atoms with Crippen molar-refractivity contribution in [3.63, 3.8) is 0 Å². The van der Waals surface area contributed by atoms with Crippen molar-refractivity contribution in [2.75, 3.05) is 26.9 Å². The smallest absolute Gasteiger partial charge is 0.276 e. The van der Waals surface area contributed by atoms with Crippen LogP contribution in [0.5, 0.6) is 11.5 Å². The first-order valence-electron chi connectivity index (χ1n) is 8.49. The molecule has 0 aliphatic carbocycles. The largest absolute Gasteiger partial charge is 0.490 e. The van der Waals surface area contributed by atoms with E-state index < -0.39 is 11.8 Å². The summed E-state index contributed by atoms with van der Waals surface area (Å²) in [5.41, 5.74) is 5.11. The molecular formula is C19H20BrN3O5S. The number of hydrazine groups is 1. The summed E-state index contributed by atoms with van der Waals surface area (Å²) in [6, 6.07) is 13.8. The maximum absolute atomic E-state index is 12.4. The lowest BCUT2D eigenvalue weighted by molar-refractivity contribution is -0.123. The van der Waals surface area contributed by atoms with Crippen LogP contribution in [0, 0.1) is 0 Å². The number of amides is 2. The molecule has 0 aliphatic heterocycles. The van der Waals surface area contributed by atoms with Gasteiger partial charge in [0.1, 0.15) is 18.1 Å². The molecule has 2 aromatic rings. The van der Waals surface area contributed by atoms with Crippen LogP contribution in [0.4, 0.5) is 0 Å². The van der Waals surface area contributed by atoms with Gasteiger partial charge >= 0.3 is 0 Å². The number of nitrogens with one attached hydrogen (secondary N) is 3. The summed E-state index contributed by atoms with van der Waals surface area (Å²) in [6.45, 7) is 0.476. The summed E-state index contributed by atoms with van der Waals surface area (Å²) in [5.74, 6) is 0.00443. The Morgan fingerprint density at radius 2 is 1.72 bits per heavy atom. The number of benzene rings is 2. The van der Waals surface area contributed by atoms with E-state index in [0.29, 0.717) is 30.3 Å². The van der Waals surface area contributed by atoms with E-state index in [-0.39, 0.29) is 11.7 Å². The molecule has 8 nitrogen and oxygen atoms in total. The Bertz CT molecular complexity index is 848. The Morgan fingerprint density at radius 3 is 2.45 bits per heavy atom. The van der Waals surface area contributed by atoms with E-state index in [1.165, 1.54) is 0 Å². The van der Waals surface area contributed by atoms with E-state index in [1.54, 1.807) is 55.6 Å². The van der Waals surface area contributed by atoms with Crippen molar-refractivity contribution in [2.24, 2.45) is 0 Å². The molecule has 0 radical (unpaired) electrons. The zero-order valence-electron chi connectivity index (χ0n) is 15.6. The van der Waals surface area contributed by atoms with Crippen molar-refractivity contribution >= 4 is 45.1 Å². The second kappa shape index (κ2) is 12.0. The maximum Gasteiger partial charge on any atom is 0.276 e.